The summed E-state index contributed by atoms with van der Waals surface area (Å²) in [6.07, 6.45) is 1.25. The lowest BCUT2D eigenvalue weighted by atomic mass is 10.4. The van der Waals surface area contributed by atoms with E-state index in [0.29, 0.717) is 6.42 Å². The highest BCUT2D eigenvalue weighted by molar-refractivity contribution is 8.12. The van der Waals surface area contributed by atoms with Gasteiger partial charge < -0.3 is 5.73 Å². The molecule has 0 aliphatic heterocycles. The van der Waals surface area contributed by atoms with Gasteiger partial charge in [-0.15, -0.1) is 0 Å². The van der Waals surface area contributed by atoms with Gasteiger partial charge in [0.25, 0.3) is 0 Å². The topological polar surface area (TPSA) is 72.2 Å². The smallest absolute Gasteiger partial charge is 0.322 e. The lowest BCUT2D eigenvalue weighted by Crippen LogP contribution is -2.24. The van der Waals surface area contributed by atoms with Crippen molar-refractivity contribution in [1.82, 2.24) is 4.72 Å². The summed E-state index contributed by atoms with van der Waals surface area (Å²) in [6, 6.07) is -0.686. The van der Waals surface area contributed by atoms with Gasteiger partial charge in [0.15, 0.2) is 0 Å². The molecule has 0 atom stereocenters. The van der Waals surface area contributed by atoms with Crippen molar-refractivity contribution in [3.8, 4) is 0 Å². The predicted octanol–water partition coefficient (Wildman–Crippen LogP) is 0.630. The van der Waals surface area contributed by atoms with E-state index in [-0.39, 0.29) is 5.12 Å². The molecule has 0 heterocycles. The maximum Gasteiger partial charge on any atom is 0.322 e. The third-order valence-electron chi connectivity index (χ3n) is 0.720. The number of carbonyl (C=O) groups is 2. The first-order valence-electron chi connectivity index (χ1n) is 2.92. The average molecular weight is 162 g/mol. The molecule has 0 saturated carbocycles. The molecule has 5 heteroatoms. The van der Waals surface area contributed by atoms with E-state index in [1.165, 1.54) is 0 Å². The minimum Gasteiger partial charge on any atom is -0.351 e. The van der Waals surface area contributed by atoms with Crippen LogP contribution in [0, 0.1) is 0 Å². The molecule has 10 heavy (non-hydrogen) atoms. The van der Waals surface area contributed by atoms with Crippen LogP contribution in [-0.4, -0.2) is 11.1 Å². The zero-order valence-electron chi connectivity index (χ0n) is 5.72. The van der Waals surface area contributed by atoms with Crippen LogP contribution in [0.25, 0.3) is 0 Å². The maximum absolute atomic E-state index is 10.6. The quantitative estimate of drug-likeness (QED) is 0.585. The first-order chi connectivity index (χ1) is 4.66. The third-order valence-corrected chi connectivity index (χ3v) is 1.45. The van der Waals surface area contributed by atoms with Crippen LogP contribution in [0.5, 0.6) is 0 Å². The Balaban J connectivity index is 3.30. The number of hydrogen-bond acceptors (Lipinski definition) is 3. The Morgan fingerprint density at radius 2 is 2.20 bits per heavy atom. The molecular weight excluding hydrogens is 152 g/mol. The van der Waals surface area contributed by atoms with Crippen molar-refractivity contribution in [2.24, 2.45) is 5.73 Å². The monoisotopic (exact) mass is 162 g/mol. The zero-order chi connectivity index (χ0) is 7.98. The normalized spacial score (nSPS) is 8.90. The van der Waals surface area contributed by atoms with Gasteiger partial charge in [-0.05, 0) is 6.42 Å². The fourth-order valence-corrected chi connectivity index (χ4v) is 0.883. The number of amides is 2. The average Bonchev–Trinajstić information content (AvgIpc) is 1.85. The standard InChI is InChI=1S/C5H10N2O2S/c1-2-3-4(8)10-7-5(6)9/h2-3H2,1H3,(H3,6,7,9). The van der Waals surface area contributed by atoms with Gasteiger partial charge in [-0.1, -0.05) is 6.92 Å². The van der Waals surface area contributed by atoms with E-state index in [4.69, 9.17) is 5.73 Å². The number of primary amides is 1. The molecule has 0 spiro atoms. The summed E-state index contributed by atoms with van der Waals surface area (Å²) in [5.41, 5.74) is 4.71. The van der Waals surface area contributed by atoms with Crippen molar-refractivity contribution in [3.05, 3.63) is 0 Å². The van der Waals surface area contributed by atoms with E-state index >= 15 is 0 Å². The van der Waals surface area contributed by atoms with Gasteiger partial charge in [0.05, 0.1) is 0 Å². The second kappa shape index (κ2) is 5.10. The summed E-state index contributed by atoms with van der Waals surface area (Å²) in [4.78, 5) is 20.7. The highest BCUT2D eigenvalue weighted by Crippen LogP contribution is 2.01. The molecule has 0 unspecified atom stereocenters. The first-order valence-corrected chi connectivity index (χ1v) is 3.73. The summed E-state index contributed by atoms with van der Waals surface area (Å²) in [7, 11) is 0. The Morgan fingerprint density at radius 3 is 2.60 bits per heavy atom. The number of nitrogens with one attached hydrogen (secondary N) is 1. The SMILES string of the molecule is CCCC(=O)SNC(N)=O. The minimum absolute atomic E-state index is 0.0682. The van der Waals surface area contributed by atoms with Gasteiger partial charge in [-0.2, -0.15) is 0 Å². The van der Waals surface area contributed by atoms with Crippen LogP contribution in [-0.2, 0) is 4.79 Å². The number of carbonyl (C=O) groups excluding carboxylic acids is 2. The summed E-state index contributed by atoms with van der Waals surface area (Å²) in [5, 5.41) is -0.0682. The minimum atomic E-state index is -0.686. The maximum atomic E-state index is 10.6. The van der Waals surface area contributed by atoms with Gasteiger partial charge in [0.1, 0.15) is 0 Å². The highest BCUT2D eigenvalue weighted by atomic mass is 32.2. The molecule has 2 amide bonds. The van der Waals surface area contributed by atoms with Crippen LogP contribution < -0.4 is 10.5 Å². The molecule has 0 fully saturated rings. The van der Waals surface area contributed by atoms with Crippen LogP contribution in [0.1, 0.15) is 19.8 Å². The van der Waals surface area contributed by atoms with Gasteiger partial charge in [0, 0.05) is 18.4 Å². The number of nitrogens with two attached hydrogens (primary N) is 1. The van der Waals surface area contributed by atoms with Gasteiger partial charge in [-0.25, -0.2) is 4.79 Å². The van der Waals surface area contributed by atoms with Crippen molar-refractivity contribution < 1.29 is 9.59 Å². The first kappa shape index (κ1) is 9.29. The molecule has 0 aliphatic rings. The van der Waals surface area contributed by atoms with E-state index in [2.05, 4.69) is 4.72 Å². The predicted molar refractivity (Wildman–Crippen MR) is 40.2 cm³/mol. The number of urea groups is 1. The molecule has 3 N–H and O–H groups in total. The van der Waals surface area contributed by atoms with Crippen molar-refractivity contribution in [3.63, 3.8) is 0 Å². The van der Waals surface area contributed by atoms with Crippen LogP contribution in [0.15, 0.2) is 0 Å². The van der Waals surface area contributed by atoms with Gasteiger partial charge in [0.2, 0.25) is 5.12 Å². The van der Waals surface area contributed by atoms with Crippen LogP contribution in [0.2, 0.25) is 0 Å². The molecule has 4 nitrogen and oxygen atoms in total. The Kier molecular flexibility index (Phi) is 4.74. The second-order valence-corrected chi connectivity index (χ2v) is 2.55. The summed E-state index contributed by atoms with van der Waals surface area (Å²) < 4.78 is 2.14. The number of rotatable bonds is 2. The largest absolute Gasteiger partial charge is 0.351 e. The summed E-state index contributed by atoms with van der Waals surface area (Å²) >= 11 is 0.746. The van der Waals surface area contributed by atoms with Gasteiger partial charge >= 0.3 is 6.03 Å². The summed E-state index contributed by atoms with van der Waals surface area (Å²) in [6.45, 7) is 1.89. The fraction of sp³-hybridized carbons (Fsp3) is 0.600. The highest BCUT2D eigenvalue weighted by Gasteiger charge is 2.01. The molecule has 0 saturated heterocycles. The molecule has 0 aromatic heterocycles. The molecule has 0 aliphatic carbocycles. The third kappa shape index (κ3) is 5.43. The molecular formula is C5H10N2O2S. The molecule has 0 aromatic carbocycles. The Labute approximate surface area is 63.7 Å². The molecule has 0 rings (SSSR count). The fourth-order valence-electron chi connectivity index (χ4n) is 0.362. The van der Waals surface area contributed by atoms with Crippen LogP contribution in [0.4, 0.5) is 4.79 Å². The van der Waals surface area contributed by atoms with E-state index in [1.807, 2.05) is 6.92 Å². The molecule has 0 aromatic rings. The zero-order valence-corrected chi connectivity index (χ0v) is 6.53. The van der Waals surface area contributed by atoms with Gasteiger partial charge in [-0.3, -0.25) is 9.52 Å². The van der Waals surface area contributed by atoms with E-state index in [0.717, 1.165) is 18.4 Å². The lowest BCUT2D eigenvalue weighted by molar-refractivity contribution is -0.111. The Hall–Kier alpha value is -0.710. The Morgan fingerprint density at radius 1 is 1.60 bits per heavy atom. The molecule has 0 bridgehead atoms. The van der Waals surface area contributed by atoms with E-state index < -0.39 is 6.03 Å². The molecule has 58 valence electrons. The second-order valence-electron chi connectivity index (χ2n) is 1.69. The number of hydrogen-bond donors (Lipinski definition) is 2. The van der Waals surface area contributed by atoms with Crippen LogP contribution in [0.3, 0.4) is 0 Å². The Bertz CT molecular complexity index is 138. The summed E-state index contributed by atoms with van der Waals surface area (Å²) in [5.74, 6) is 0. The lowest BCUT2D eigenvalue weighted by Gasteiger charge is -1.96. The molecule has 0 radical (unpaired) electrons. The van der Waals surface area contributed by atoms with Crippen molar-refractivity contribution >= 4 is 23.1 Å². The van der Waals surface area contributed by atoms with Crippen molar-refractivity contribution in [2.75, 3.05) is 0 Å². The van der Waals surface area contributed by atoms with Crippen molar-refractivity contribution in [2.45, 2.75) is 19.8 Å². The van der Waals surface area contributed by atoms with E-state index in [9.17, 15) is 9.59 Å². The van der Waals surface area contributed by atoms with Crippen LogP contribution >= 0.6 is 11.9 Å². The van der Waals surface area contributed by atoms with Crippen molar-refractivity contribution in [1.29, 1.82) is 0 Å². The van der Waals surface area contributed by atoms with E-state index in [1.54, 1.807) is 0 Å².